The molecule has 2 N–H and O–H groups in total. The van der Waals surface area contributed by atoms with Gasteiger partial charge >= 0.3 is 0 Å². The van der Waals surface area contributed by atoms with Crippen LogP contribution in [0.25, 0.3) is 0 Å². The molecule has 0 spiro atoms. The molecule has 20 heavy (non-hydrogen) atoms. The standard InChI is InChI=1S/C14H19N5O/c1-9-5-6-11(12(7-9)15-3)14(20)19(4)8-13-16-10(2)17-18-13/h5-7,15H,8H2,1-4H3,(H,16,17,18). The number of rotatable bonds is 4. The van der Waals surface area contributed by atoms with Gasteiger partial charge in [0.15, 0.2) is 5.82 Å². The Labute approximate surface area is 118 Å². The average Bonchev–Trinajstić information content (AvgIpc) is 2.83. The molecule has 0 aliphatic carbocycles. The van der Waals surface area contributed by atoms with E-state index in [1.54, 1.807) is 11.9 Å². The molecule has 0 bridgehead atoms. The van der Waals surface area contributed by atoms with Gasteiger partial charge in [0.05, 0.1) is 12.1 Å². The summed E-state index contributed by atoms with van der Waals surface area (Å²) in [5.41, 5.74) is 2.58. The molecule has 6 heteroatoms. The third kappa shape index (κ3) is 2.96. The Balaban J connectivity index is 2.18. The number of nitrogens with one attached hydrogen (secondary N) is 2. The first-order valence-electron chi connectivity index (χ1n) is 6.43. The SMILES string of the molecule is CNc1cc(C)ccc1C(=O)N(C)Cc1n[nH]c(C)n1. The summed E-state index contributed by atoms with van der Waals surface area (Å²) in [5.74, 6) is 1.29. The highest BCUT2D eigenvalue weighted by Crippen LogP contribution is 2.19. The molecule has 0 radical (unpaired) electrons. The zero-order valence-corrected chi connectivity index (χ0v) is 12.2. The van der Waals surface area contributed by atoms with Gasteiger partial charge in [0, 0.05) is 19.8 Å². The molecule has 1 heterocycles. The fraction of sp³-hybridized carbons (Fsp3) is 0.357. The number of aromatic nitrogens is 3. The van der Waals surface area contributed by atoms with E-state index in [1.165, 1.54) is 0 Å². The van der Waals surface area contributed by atoms with Crippen LogP contribution < -0.4 is 5.32 Å². The minimum atomic E-state index is -0.0585. The van der Waals surface area contributed by atoms with Crippen molar-refractivity contribution in [2.24, 2.45) is 0 Å². The van der Waals surface area contributed by atoms with E-state index in [1.807, 2.05) is 39.1 Å². The highest BCUT2D eigenvalue weighted by Gasteiger charge is 2.17. The Kier molecular flexibility index (Phi) is 4.02. The van der Waals surface area contributed by atoms with Crippen molar-refractivity contribution < 1.29 is 4.79 Å². The third-order valence-electron chi connectivity index (χ3n) is 3.04. The number of nitrogens with zero attached hydrogens (tertiary/aromatic N) is 3. The Hall–Kier alpha value is -2.37. The number of anilines is 1. The topological polar surface area (TPSA) is 73.9 Å². The van der Waals surface area contributed by atoms with Crippen molar-refractivity contribution in [1.82, 2.24) is 20.1 Å². The Morgan fingerprint density at radius 3 is 2.75 bits per heavy atom. The molecule has 0 fully saturated rings. The van der Waals surface area contributed by atoms with Gasteiger partial charge in [0.25, 0.3) is 5.91 Å². The van der Waals surface area contributed by atoms with Gasteiger partial charge < -0.3 is 10.2 Å². The largest absolute Gasteiger partial charge is 0.387 e. The smallest absolute Gasteiger partial charge is 0.256 e. The van der Waals surface area contributed by atoms with Crippen LogP contribution in [0.15, 0.2) is 18.2 Å². The predicted molar refractivity (Wildman–Crippen MR) is 77.6 cm³/mol. The Bertz CT molecular complexity index is 620. The number of H-pyrrole nitrogens is 1. The molecule has 0 aliphatic rings. The van der Waals surface area contributed by atoms with E-state index < -0.39 is 0 Å². The molecule has 0 atom stereocenters. The first kappa shape index (κ1) is 14.0. The summed E-state index contributed by atoms with van der Waals surface area (Å²) >= 11 is 0. The van der Waals surface area contributed by atoms with Crippen LogP contribution in [0.3, 0.4) is 0 Å². The minimum Gasteiger partial charge on any atom is -0.387 e. The maximum Gasteiger partial charge on any atom is 0.256 e. The van der Waals surface area contributed by atoms with Gasteiger partial charge in [-0.05, 0) is 31.5 Å². The van der Waals surface area contributed by atoms with Gasteiger partial charge in [-0.2, -0.15) is 5.10 Å². The van der Waals surface area contributed by atoms with Crippen LogP contribution in [0, 0.1) is 13.8 Å². The minimum absolute atomic E-state index is 0.0585. The molecular formula is C14H19N5O. The monoisotopic (exact) mass is 273 g/mol. The van der Waals surface area contributed by atoms with E-state index in [-0.39, 0.29) is 5.91 Å². The lowest BCUT2D eigenvalue weighted by atomic mass is 10.1. The van der Waals surface area contributed by atoms with E-state index >= 15 is 0 Å². The van der Waals surface area contributed by atoms with Crippen molar-refractivity contribution in [3.05, 3.63) is 41.0 Å². The molecule has 2 aromatic rings. The molecule has 1 aromatic heterocycles. The Morgan fingerprint density at radius 2 is 2.15 bits per heavy atom. The first-order valence-corrected chi connectivity index (χ1v) is 6.43. The van der Waals surface area contributed by atoms with Gasteiger partial charge in [-0.1, -0.05) is 6.07 Å². The predicted octanol–water partition coefficient (Wildman–Crippen LogP) is 1.74. The van der Waals surface area contributed by atoms with Gasteiger partial charge in [0.2, 0.25) is 0 Å². The van der Waals surface area contributed by atoms with E-state index in [9.17, 15) is 4.79 Å². The third-order valence-corrected chi connectivity index (χ3v) is 3.04. The van der Waals surface area contributed by atoms with Crippen LogP contribution in [-0.2, 0) is 6.54 Å². The molecule has 6 nitrogen and oxygen atoms in total. The number of hydrogen-bond donors (Lipinski definition) is 2. The lowest BCUT2D eigenvalue weighted by molar-refractivity contribution is 0.0782. The average molecular weight is 273 g/mol. The van der Waals surface area contributed by atoms with Crippen molar-refractivity contribution in [1.29, 1.82) is 0 Å². The van der Waals surface area contributed by atoms with Crippen molar-refractivity contribution in [2.75, 3.05) is 19.4 Å². The Morgan fingerprint density at radius 1 is 1.40 bits per heavy atom. The number of carbonyl (C=O) groups is 1. The fourth-order valence-electron chi connectivity index (χ4n) is 2.00. The number of aromatic amines is 1. The lowest BCUT2D eigenvalue weighted by Crippen LogP contribution is -2.27. The van der Waals surface area contributed by atoms with Crippen molar-refractivity contribution >= 4 is 11.6 Å². The number of aryl methyl sites for hydroxylation is 2. The van der Waals surface area contributed by atoms with Gasteiger partial charge in [0.1, 0.15) is 5.82 Å². The summed E-state index contributed by atoms with van der Waals surface area (Å²) in [7, 11) is 3.55. The van der Waals surface area contributed by atoms with Crippen LogP contribution in [0.2, 0.25) is 0 Å². The molecule has 0 aliphatic heterocycles. The van der Waals surface area contributed by atoms with Crippen LogP contribution in [0.4, 0.5) is 5.69 Å². The molecule has 1 aromatic carbocycles. The van der Waals surface area contributed by atoms with E-state index in [4.69, 9.17) is 0 Å². The second-order valence-electron chi connectivity index (χ2n) is 4.80. The maximum atomic E-state index is 12.5. The van der Waals surface area contributed by atoms with Gasteiger partial charge in [-0.15, -0.1) is 0 Å². The number of benzene rings is 1. The summed E-state index contributed by atoms with van der Waals surface area (Å²) in [5, 5.41) is 9.87. The lowest BCUT2D eigenvalue weighted by Gasteiger charge is -2.17. The summed E-state index contributed by atoms with van der Waals surface area (Å²) < 4.78 is 0. The van der Waals surface area contributed by atoms with Gasteiger partial charge in [-0.3, -0.25) is 9.89 Å². The van der Waals surface area contributed by atoms with Crippen LogP contribution >= 0.6 is 0 Å². The fourth-order valence-corrected chi connectivity index (χ4v) is 2.00. The molecule has 106 valence electrons. The summed E-state index contributed by atoms with van der Waals surface area (Å²) in [6.45, 7) is 4.20. The van der Waals surface area contributed by atoms with Crippen LogP contribution in [-0.4, -0.2) is 40.1 Å². The van der Waals surface area contributed by atoms with Crippen molar-refractivity contribution in [3.63, 3.8) is 0 Å². The summed E-state index contributed by atoms with van der Waals surface area (Å²) in [4.78, 5) is 18.3. The van der Waals surface area contributed by atoms with Crippen molar-refractivity contribution in [2.45, 2.75) is 20.4 Å². The molecule has 2 rings (SSSR count). The quantitative estimate of drug-likeness (QED) is 0.889. The molecule has 1 amide bonds. The first-order chi connectivity index (χ1) is 9.51. The van der Waals surface area contributed by atoms with Crippen molar-refractivity contribution in [3.8, 4) is 0 Å². The highest BCUT2D eigenvalue weighted by molar-refractivity contribution is 5.99. The zero-order chi connectivity index (χ0) is 14.7. The number of carbonyl (C=O) groups excluding carboxylic acids is 1. The van der Waals surface area contributed by atoms with E-state index in [0.29, 0.717) is 17.9 Å². The molecule has 0 saturated carbocycles. The molecule has 0 saturated heterocycles. The van der Waals surface area contributed by atoms with E-state index in [2.05, 4.69) is 20.5 Å². The van der Waals surface area contributed by atoms with Crippen LogP contribution in [0.5, 0.6) is 0 Å². The van der Waals surface area contributed by atoms with E-state index in [0.717, 1.165) is 17.1 Å². The van der Waals surface area contributed by atoms with Crippen LogP contribution in [0.1, 0.15) is 27.6 Å². The summed E-state index contributed by atoms with van der Waals surface area (Å²) in [6.07, 6.45) is 0. The highest BCUT2D eigenvalue weighted by atomic mass is 16.2. The maximum absolute atomic E-state index is 12.5. The second kappa shape index (κ2) is 5.73. The molecule has 0 unspecified atom stereocenters. The normalized spacial score (nSPS) is 10.4. The zero-order valence-electron chi connectivity index (χ0n) is 12.2. The number of hydrogen-bond acceptors (Lipinski definition) is 4. The second-order valence-corrected chi connectivity index (χ2v) is 4.80. The summed E-state index contributed by atoms with van der Waals surface area (Å²) in [6, 6.07) is 5.72. The van der Waals surface area contributed by atoms with Gasteiger partial charge in [-0.25, -0.2) is 4.98 Å². The number of amides is 1. The molecular weight excluding hydrogens is 254 g/mol.